The minimum Gasteiger partial charge on any atom is -0.449 e. The Morgan fingerprint density at radius 2 is 1.76 bits per heavy atom. The maximum Gasteiger partial charge on any atom is 0.314 e. The summed E-state index contributed by atoms with van der Waals surface area (Å²) in [7, 11) is 0. The summed E-state index contributed by atoms with van der Waals surface area (Å²) in [4.78, 5) is 20.5. The SMILES string of the molecule is Cc1cccc(Oc2ccc([N+](=O)[O-])cc2Cl)c1[N+](=O)[O-]. The zero-order valence-electron chi connectivity index (χ0n) is 10.8. The zero-order valence-corrected chi connectivity index (χ0v) is 11.5. The van der Waals surface area contributed by atoms with Gasteiger partial charge in [-0.05, 0) is 19.1 Å². The van der Waals surface area contributed by atoms with Crippen molar-refractivity contribution in [2.75, 3.05) is 0 Å². The Morgan fingerprint density at radius 1 is 1.05 bits per heavy atom. The second-order valence-electron chi connectivity index (χ2n) is 4.15. The lowest BCUT2D eigenvalue weighted by Crippen LogP contribution is -1.96. The van der Waals surface area contributed by atoms with Crippen LogP contribution < -0.4 is 4.74 Å². The lowest BCUT2D eigenvalue weighted by atomic mass is 10.2. The van der Waals surface area contributed by atoms with E-state index in [0.29, 0.717) is 5.56 Å². The lowest BCUT2D eigenvalue weighted by Gasteiger charge is -2.09. The molecule has 0 bridgehead atoms. The standard InChI is InChI=1S/C13H9ClN2O5/c1-8-3-2-4-12(13(8)16(19)20)21-11-6-5-9(15(17)18)7-10(11)14/h2-7H,1H3. The van der Waals surface area contributed by atoms with Crippen LogP contribution in [0.15, 0.2) is 36.4 Å². The molecule has 2 aromatic carbocycles. The van der Waals surface area contributed by atoms with Gasteiger partial charge >= 0.3 is 5.69 Å². The molecule has 0 radical (unpaired) electrons. The highest BCUT2D eigenvalue weighted by atomic mass is 35.5. The monoisotopic (exact) mass is 308 g/mol. The summed E-state index contributed by atoms with van der Waals surface area (Å²) in [5, 5.41) is 21.7. The molecular formula is C13H9ClN2O5. The van der Waals surface area contributed by atoms with Crippen molar-refractivity contribution in [2.45, 2.75) is 6.92 Å². The number of hydrogen-bond acceptors (Lipinski definition) is 5. The number of para-hydroxylation sites is 1. The number of benzene rings is 2. The van der Waals surface area contributed by atoms with E-state index in [-0.39, 0.29) is 27.9 Å². The van der Waals surface area contributed by atoms with Crippen LogP contribution in [0, 0.1) is 27.2 Å². The minimum atomic E-state index is -0.592. The van der Waals surface area contributed by atoms with E-state index in [1.165, 1.54) is 18.2 Å². The maximum atomic E-state index is 11.1. The Labute approximate surface area is 124 Å². The van der Waals surface area contributed by atoms with Gasteiger partial charge in [0.05, 0.1) is 14.9 Å². The predicted octanol–water partition coefficient (Wildman–Crippen LogP) is 4.26. The van der Waals surface area contributed by atoms with E-state index >= 15 is 0 Å². The van der Waals surface area contributed by atoms with E-state index in [0.717, 1.165) is 6.07 Å². The Morgan fingerprint density at radius 3 is 2.33 bits per heavy atom. The van der Waals surface area contributed by atoms with E-state index in [9.17, 15) is 20.2 Å². The van der Waals surface area contributed by atoms with Crippen LogP contribution in [0.1, 0.15) is 5.56 Å². The van der Waals surface area contributed by atoms with E-state index in [4.69, 9.17) is 16.3 Å². The molecule has 0 saturated carbocycles. The molecule has 2 aromatic rings. The molecule has 0 atom stereocenters. The molecule has 2 rings (SSSR count). The highest BCUT2D eigenvalue weighted by molar-refractivity contribution is 6.32. The summed E-state index contributed by atoms with van der Waals surface area (Å²) in [5.74, 6) is 0.131. The van der Waals surface area contributed by atoms with Gasteiger partial charge in [0, 0.05) is 17.7 Å². The van der Waals surface area contributed by atoms with Gasteiger partial charge in [-0.25, -0.2) is 0 Å². The molecule has 0 aliphatic rings. The Kier molecular flexibility index (Phi) is 4.04. The van der Waals surface area contributed by atoms with Crippen LogP contribution >= 0.6 is 11.6 Å². The molecule has 0 fully saturated rings. The Bertz CT molecular complexity index is 732. The number of ether oxygens (including phenoxy) is 1. The molecule has 0 spiro atoms. The van der Waals surface area contributed by atoms with E-state index in [2.05, 4.69) is 0 Å². The third kappa shape index (κ3) is 3.09. The quantitative estimate of drug-likeness (QED) is 0.621. The van der Waals surface area contributed by atoms with Gasteiger partial charge in [0.2, 0.25) is 5.75 Å². The number of aryl methyl sites for hydroxylation is 1. The molecular weight excluding hydrogens is 300 g/mol. The van der Waals surface area contributed by atoms with Crippen molar-refractivity contribution in [3.05, 3.63) is 67.2 Å². The molecule has 0 saturated heterocycles. The molecule has 0 unspecified atom stereocenters. The molecule has 0 aromatic heterocycles. The molecule has 0 amide bonds. The van der Waals surface area contributed by atoms with Crippen molar-refractivity contribution < 1.29 is 14.6 Å². The Hall–Kier alpha value is -2.67. The third-order valence-corrected chi connectivity index (χ3v) is 3.02. The van der Waals surface area contributed by atoms with Crippen LogP contribution in [0.3, 0.4) is 0 Å². The summed E-state index contributed by atoms with van der Waals surface area (Å²) in [6.45, 7) is 1.59. The topological polar surface area (TPSA) is 95.5 Å². The average Bonchev–Trinajstić information content (AvgIpc) is 2.40. The van der Waals surface area contributed by atoms with Crippen LogP contribution in [0.5, 0.6) is 11.5 Å². The number of nitro groups is 2. The molecule has 21 heavy (non-hydrogen) atoms. The van der Waals surface area contributed by atoms with Crippen molar-refractivity contribution >= 4 is 23.0 Å². The largest absolute Gasteiger partial charge is 0.449 e. The van der Waals surface area contributed by atoms with Gasteiger partial charge in [-0.15, -0.1) is 0 Å². The molecule has 0 aliphatic heterocycles. The fourth-order valence-corrected chi connectivity index (χ4v) is 1.97. The molecule has 0 heterocycles. The predicted molar refractivity (Wildman–Crippen MR) is 76.0 cm³/mol. The smallest absolute Gasteiger partial charge is 0.314 e. The second-order valence-corrected chi connectivity index (χ2v) is 4.56. The first kappa shape index (κ1) is 14.7. The van der Waals surface area contributed by atoms with Crippen molar-refractivity contribution in [3.8, 4) is 11.5 Å². The van der Waals surface area contributed by atoms with Crippen LogP contribution in [0.2, 0.25) is 5.02 Å². The number of rotatable bonds is 4. The van der Waals surface area contributed by atoms with Gasteiger partial charge in [-0.3, -0.25) is 20.2 Å². The highest BCUT2D eigenvalue weighted by Crippen LogP contribution is 2.37. The fourth-order valence-electron chi connectivity index (χ4n) is 1.75. The van der Waals surface area contributed by atoms with Crippen molar-refractivity contribution in [1.82, 2.24) is 0 Å². The number of hydrogen-bond donors (Lipinski definition) is 0. The third-order valence-electron chi connectivity index (χ3n) is 2.73. The number of halogens is 1. The van der Waals surface area contributed by atoms with Gasteiger partial charge in [0.15, 0.2) is 0 Å². The maximum absolute atomic E-state index is 11.1. The van der Waals surface area contributed by atoms with Gasteiger partial charge in [-0.2, -0.15) is 0 Å². The molecule has 108 valence electrons. The first-order valence-corrected chi connectivity index (χ1v) is 6.13. The Balaban J connectivity index is 2.42. The van der Waals surface area contributed by atoms with Gasteiger partial charge < -0.3 is 4.74 Å². The summed E-state index contributed by atoms with van der Waals surface area (Å²) >= 11 is 5.90. The highest BCUT2D eigenvalue weighted by Gasteiger charge is 2.20. The van der Waals surface area contributed by atoms with Gasteiger partial charge in [0.25, 0.3) is 5.69 Å². The van der Waals surface area contributed by atoms with Crippen LogP contribution in [-0.2, 0) is 0 Å². The summed E-state index contributed by atoms with van der Waals surface area (Å²) in [6.07, 6.45) is 0. The molecule has 0 aliphatic carbocycles. The van der Waals surface area contributed by atoms with E-state index < -0.39 is 9.85 Å². The van der Waals surface area contributed by atoms with Gasteiger partial charge in [-0.1, -0.05) is 23.7 Å². The summed E-state index contributed by atoms with van der Waals surface area (Å²) < 4.78 is 5.42. The summed E-state index contributed by atoms with van der Waals surface area (Å²) in [6, 6.07) is 8.26. The number of non-ortho nitro benzene ring substituents is 1. The first-order chi connectivity index (χ1) is 9.90. The molecule has 7 nitrogen and oxygen atoms in total. The van der Waals surface area contributed by atoms with E-state index in [1.54, 1.807) is 19.1 Å². The van der Waals surface area contributed by atoms with Crippen LogP contribution in [0.4, 0.5) is 11.4 Å². The minimum absolute atomic E-state index is 0.00000378. The number of nitro benzene ring substituents is 2. The molecule has 0 N–H and O–H groups in total. The first-order valence-electron chi connectivity index (χ1n) is 5.76. The van der Waals surface area contributed by atoms with Crippen LogP contribution in [0.25, 0.3) is 0 Å². The zero-order chi connectivity index (χ0) is 15.6. The second kappa shape index (κ2) is 5.76. The average molecular weight is 309 g/mol. The molecule has 8 heteroatoms. The van der Waals surface area contributed by atoms with Crippen molar-refractivity contribution in [1.29, 1.82) is 0 Å². The fraction of sp³-hybridized carbons (Fsp3) is 0.0769. The summed E-state index contributed by atoms with van der Waals surface area (Å²) in [5.41, 5.74) is 0.0774. The lowest BCUT2D eigenvalue weighted by molar-refractivity contribution is -0.386. The van der Waals surface area contributed by atoms with Crippen molar-refractivity contribution in [3.63, 3.8) is 0 Å². The van der Waals surface area contributed by atoms with Crippen LogP contribution in [-0.4, -0.2) is 9.85 Å². The number of nitrogens with zero attached hydrogens (tertiary/aromatic N) is 2. The van der Waals surface area contributed by atoms with E-state index in [1.807, 2.05) is 0 Å². The normalized spacial score (nSPS) is 10.2. The van der Waals surface area contributed by atoms with Gasteiger partial charge in [0.1, 0.15) is 5.75 Å². The van der Waals surface area contributed by atoms with Crippen molar-refractivity contribution in [2.24, 2.45) is 0 Å².